The van der Waals surface area contributed by atoms with Gasteiger partial charge in [-0.2, -0.15) is 10.2 Å². The molecule has 0 bridgehead atoms. The molecule has 0 amide bonds. The highest BCUT2D eigenvalue weighted by molar-refractivity contribution is 5.95. The van der Waals surface area contributed by atoms with Gasteiger partial charge in [-0.25, -0.2) is 18.4 Å². The molecule has 0 saturated carbocycles. The van der Waals surface area contributed by atoms with Crippen molar-refractivity contribution >= 4 is 11.9 Å². The number of hydrogen-bond donors (Lipinski definition) is 1. The maximum atomic E-state index is 13.1. The number of aromatic nitrogens is 4. The Morgan fingerprint density at radius 2 is 1.41 bits per heavy atom. The van der Waals surface area contributed by atoms with E-state index in [1.165, 1.54) is 30.5 Å². The van der Waals surface area contributed by atoms with Crippen LogP contribution in [0.3, 0.4) is 0 Å². The summed E-state index contributed by atoms with van der Waals surface area (Å²) in [6.45, 7) is 5.50. The molecule has 0 aliphatic carbocycles. The molecule has 0 saturated heterocycles. The van der Waals surface area contributed by atoms with Crippen LogP contribution in [0, 0.1) is 11.6 Å². The number of ether oxygens (including phenoxy) is 2. The third-order valence-electron chi connectivity index (χ3n) is 5.44. The lowest BCUT2D eigenvalue weighted by atomic mass is 10.1. The number of carbonyl (C=O) groups excluding carboxylic acids is 2. The predicted molar refractivity (Wildman–Crippen MR) is 142 cm³/mol. The highest BCUT2D eigenvalue weighted by atomic mass is 19.1. The fraction of sp³-hybridized carbons (Fsp3) is 0.286. The summed E-state index contributed by atoms with van der Waals surface area (Å²) in [5.41, 5.74) is 3.23. The minimum Gasteiger partial charge on any atom is -0.461 e. The maximum absolute atomic E-state index is 13.1. The van der Waals surface area contributed by atoms with Crippen LogP contribution in [0.2, 0.25) is 0 Å². The number of nitrogens with zero attached hydrogens (tertiary/aromatic N) is 4. The zero-order chi connectivity index (χ0) is 28.4. The Hall–Kier alpha value is -4.38. The van der Waals surface area contributed by atoms with E-state index in [0.29, 0.717) is 29.8 Å². The van der Waals surface area contributed by atoms with E-state index in [0.717, 1.165) is 12.1 Å². The molecule has 2 aromatic heterocycles. The first-order valence-corrected chi connectivity index (χ1v) is 12.3. The Morgan fingerprint density at radius 3 is 1.95 bits per heavy atom. The van der Waals surface area contributed by atoms with Crippen LogP contribution in [0.1, 0.15) is 34.8 Å². The van der Waals surface area contributed by atoms with Crippen LogP contribution >= 0.6 is 0 Å². The second-order valence-corrected chi connectivity index (χ2v) is 8.57. The summed E-state index contributed by atoms with van der Waals surface area (Å²) < 4.78 is 37.5. The molecule has 0 radical (unpaired) electrons. The van der Waals surface area contributed by atoms with Crippen molar-refractivity contribution in [3.63, 3.8) is 0 Å². The van der Waals surface area contributed by atoms with Gasteiger partial charge in [0, 0.05) is 23.9 Å². The number of nitrogens with one attached hydrogen (secondary N) is 1. The number of H-pyrrole nitrogens is 1. The van der Waals surface area contributed by atoms with Crippen LogP contribution in [-0.2, 0) is 16.0 Å². The second-order valence-electron chi connectivity index (χ2n) is 8.57. The van der Waals surface area contributed by atoms with Crippen molar-refractivity contribution in [2.24, 2.45) is 0 Å². The van der Waals surface area contributed by atoms with Crippen molar-refractivity contribution in [1.82, 2.24) is 24.9 Å². The molecule has 0 unspecified atom stereocenters. The molecular formula is C28H31F2N5O4. The molecule has 11 heteroatoms. The molecule has 0 aliphatic rings. The van der Waals surface area contributed by atoms with E-state index in [4.69, 9.17) is 9.47 Å². The predicted octanol–water partition coefficient (Wildman–Crippen LogP) is 4.82. The molecule has 0 atom stereocenters. The standard InChI is InChI=1S/C16H20FN3O2.C12H11FN2O2/c1-4-22-16(21)15-14(12-5-7-13(17)8-6-12)11-20(18-15)10-9-19(2)3;1-2-17-12(16)11-10(7-14-15-11)8-3-5-9(13)6-4-8/h5-8,11H,4,9-10H2,1-3H3;3-7H,2H2,1H3,(H,14,15). The molecule has 1 N–H and O–H groups in total. The zero-order valence-electron chi connectivity index (χ0n) is 22.3. The third-order valence-corrected chi connectivity index (χ3v) is 5.44. The normalized spacial score (nSPS) is 10.6. The Balaban J connectivity index is 0.000000223. The Labute approximate surface area is 225 Å². The van der Waals surface area contributed by atoms with Crippen LogP contribution in [0.5, 0.6) is 0 Å². The molecular weight excluding hydrogens is 508 g/mol. The van der Waals surface area contributed by atoms with Crippen LogP contribution in [-0.4, -0.2) is 70.7 Å². The highest BCUT2D eigenvalue weighted by Crippen LogP contribution is 2.24. The lowest BCUT2D eigenvalue weighted by molar-refractivity contribution is 0.0510. The van der Waals surface area contributed by atoms with E-state index in [-0.39, 0.29) is 29.6 Å². The van der Waals surface area contributed by atoms with Gasteiger partial charge in [0.2, 0.25) is 0 Å². The van der Waals surface area contributed by atoms with Gasteiger partial charge >= 0.3 is 11.9 Å². The number of hydrogen-bond acceptors (Lipinski definition) is 7. The van der Waals surface area contributed by atoms with Gasteiger partial charge < -0.3 is 14.4 Å². The summed E-state index contributed by atoms with van der Waals surface area (Å²) in [4.78, 5) is 25.7. The van der Waals surface area contributed by atoms with Crippen molar-refractivity contribution in [3.05, 3.63) is 83.9 Å². The van der Waals surface area contributed by atoms with Gasteiger partial charge in [-0.15, -0.1) is 0 Å². The van der Waals surface area contributed by atoms with Gasteiger partial charge in [0.25, 0.3) is 0 Å². The molecule has 0 fully saturated rings. The van der Waals surface area contributed by atoms with E-state index in [1.54, 1.807) is 49.0 Å². The Bertz CT molecular complexity index is 1370. The minimum atomic E-state index is -0.468. The zero-order valence-corrected chi connectivity index (χ0v) is 22.3. The van der Waals surface area contributed by atoms with Crippen molar-refractivity contribution in [3.8, 4) is 22.3 Å². The van der Waals surface area contributed by atoms with E-state index in [1.807, 2.05) is 19.0 Å². The summed E-state index contributed by atoms with van der Waals surface area (Å²) in [6.07, 6.45) is 3.31. The largest absolute Gasteiger partial charge is 0.461 e. The summed E-state index contributed by atoms with van der Waals surface area (Å²) in [5.74, 6) is -1.58. The summed E-state index contributed by atoms with van der Waals surface area (Å²) >= 11 is 0. The average molecular weight is 540 g/mol. The smallest absolute Gasteiger partial charge is 0.359 e. The molecule has 2 heterocycles. The first kappa shape index (κ1) is 29.2. The Kier molecular flexibility index (Phi) is 10.4. The van der Waals surface area contributed by atoms with Crippen LogP contribution in [0.15, 0.2) is 60.9 Å². The SMILES string of the molecule is CCOC(=O)c1[nH]ncc1-c1ccc(F)cc1.CCOC(=O)c1nn(CCN(C)C)cc1-c1ccc(F)cc1. The van der Waals surface area contributed by atoms with Gasteiger partial charge in [0.1, 0.15) is 11.6 Å². The van der Waals surface area contributed by atoms with Crippen molar-refractivity contribution in [1.29, 1.82) is 0 Å². The molecule has 0 aliphatic heterocycles. The fourth-order valence-electron chi connectivity index (χ4n) is 3.52. The first-order valence-electron chi connectivity index (χ1n) is 12.3. The quantitative estimate of drug-likeness (QED) is 0.304. The van der Waals surface area contributed by atoms with Crippen molar-refractivity contribution in [2.45, 2.75) is 20.4 Å². The van der Waals surface area contributed by atoms with Crippen molar-refractivity contribution < 1.29 is 27.8 Å². The molecule has 39 heavy (non-hydrogen) atoms. The van der Waals surface area contributed by atoms with Gasteiger partial charge in [0.05, 0.1) is 26.0 Å². The number of esters is 2. The van der Waals surface area contributed by atoms with E-state index in [2.05, 4.69) is 15.3 Å². The fourth-order valence-corrected chi connectivity index (χ4v) is 3.52. The summed E-state index contributed by atoms with van der Waals surface area (Å²) in [5, 5.41) is 10.7. The molecule has 9 nitrogen and oxygen atoms in total. The van der Waals surface area contributed by atoms with Gasteiger partial charge in [0.15, 0.2) is 11.4 Å². The lowest BCUT2D eigenvalue weighted by Crippen LogP contribution is -2.19. The first-order chi connectivity index (χ1) is 18.7. The van der Waals surface area contributed by atoms with Gasteiger partial charge in [-0.3, -0.25) is 9.78 Å². The number of halogens is 2. The molecule has 2 aromatic carbocycles. The topological polar surface area (TPSA) is 102 Å². The number of benzene rings is 2. The summed E-state index contributed by atoms with van der Waals surface area (Å²) in [7, 11) is 3.94. The van der Waals surface area contributed by atoms with Crippen molar-refractivity contribution in [2.75, 3.05) is 33.9 Å². The molecule has 4 aromatic rings. The van der Waals surface area contributed by atoms with E-state index >= 15 is 0 Å². The molecule has 206 valence electrons. The monoisotopic (exact) mass is 539 g/mol. The van der Waals surface area contributed by atoms with E-state index < -0.39 is 11.9 Å². The van der Waals surface area contributed by atoms with E-state index in [9.17, 15) is 18.4 Å². The third kappa shape index (κ3) is 8.05. The highest BCUT2D eigenvalue weighted by Gasteiger charge is 2.19. The second kappa shape index (κ2) is 14.0. The van der Waals surface area contributed by atoms with Gasteiger partial charge in [-0.1, -0.05) is 24.3 Å². The Morgan fingerprint density at radius 1 is 0.872 bits per heavy atom. The van der Waals surface area contributed by atoms with Gasteiger partial charge in [-0.05, 0) is 63.3 Å². The number of likely N-dealkylation sites (N-methyl/N-ethyl adjacent to an activating group) is 1. The average Bonchev–Trinajstić information content (AvgIpc) is 3.57. The minimum absolute atomic E-state index is 0.257. The number of rotatable bonds is 9. The molecule has 0 spiro atoms. The molecule has 4 rings (SSSR count). The van der Waals surface area contributed by atoms with Crippen LogP contribution < -0.4 is 0 Å². The number of aromatic amines is 1. The summed E-state index contributed by atoms with van der Waals surface area (Å²) in [6, 6.07) is 11.8. The van der Waals surface area contributed by atoms with Crippen LogP contribution in [0.4, 0.5) is 8.78 Å². The number of carbonyl (C=O) groups is 2. The maximum Gasteiger partial charge on any atom is 0.359 e. The lowest BCUT2D eigenvalue weighted by Gasteiger charge is -2.08. The van der Waals surface area contributed by atoms with Crippen LogP contribution in [0.25, 0.3) is 22.3 Å².